The molecule has 3 heterocycles. The third kappa shape index (κ3) is 3.88. The lowest BCUT2D eigenvalue weighted by atomic mass is 10.1. The van der Waals surface area contributed by atoms with Crippen molar-refractivity contribution in [2.75, 3.05) is 10.6 Å². The Bertz CT molecular complexity index is 1220. The van der Waals surface area contributed by atoms with Gasteiger partial charge >= 0.3 is 6.18 Å². The van der Waals surface area contributed by atoms with Gasteiger partial charge in [-0.05, 0) is 39.0 Å². The molecule has 0 bridgehead atoms. The fraction of sp³-hybridized carbons (Fsp3) is 0.316. The van der Waals surface area contributed by atoms with Crippen molar-refractivity contribution in [2.45, 2.75) is 39.5 Å². The van der Waals surface area contributed by atoms with Gasteiger partial charge in [0.1, 0.15) is 5.75 Å². The Balaban J connectivity index is 1.56. The average molecular weight is 434 g/mol. The first-order valence-electron chi connectivity index (χ1n) is 9.24. The Morgan fingerprint density at radius 2 is 2.03 bits per heavy atom. The Morgan fingerprint density at radius 3 is 2.74 bits per heavy atom. The molecule has 9 nitrogen and oxygen atoms in total. The number of fused-ring (bicyclic) bond motifs is 2. The van der Waals surface area contributed by atoms with E-state index in [-0.39, 0.29) is 18.1 Å². The summed E-state index contributed by atoms with van der Waals surface area (Å²) in [4.78, 5) is 31.8. The van der Waals surface area contributed by atoms with E-state index in [1.807, 2.05) is 0 Å². The summed E-state index contributed by atoms with van der Waals surface area (Å²) in [6.45, 7) is 4.76. The lowest BCUT2D eigenvalue weighted by molar-refractivity contribution is -0.144. The number of carbonyl (C=O) groups is 2. The number of hydrogen-bond donors (Lipinski definition) is 2. The predicted molar refractivity (Wildman–Crippen MR) is 103 cm³/mol. The molecule has 1 atom stereocenters. The number of aryl methyl sites for hydroxylation is 2. The van der Waals surface area contributed by atoms with E-state index in [2.05, 4.69) is 25.7 Å². The number of amides is 2. The first kappa shape index (κ1) is 20.6. The SMILES string of the molecule is Cc1nc2nc(C(F)(F)F)nn2c(C)c1CC(=O)Nc1ccc2c(c1)NC(=O)C(C)O2. The van der Waals surface area contributed by atoms with E-state index in [0.717, 1.165) is 4.52 Å². The molecule has 4 rings (SSSR count). The highest BCUT2D eigenvalue weighted by molar-refractivity contribution is 5.99. The maximum absolute atomic E-state index is 12.9. The Hall–Kier alpha value is -3.70. The number of nitrogens with zero attached hydrogens (tertiary/aromatic N) is 4. The Kier molecular flexibility index (Phi) is 4.79. The smallest absolute Gasteiger partial charge is 0.453 e. The largest absolute Gasteiger partial charge is 0.479 e. The Morgan fingerprint density at radius 1 is 1.29 bits per heavy atom. The van der Waals surface area contributed by atoms with Crippen molar-refractivity contribution in [1.82, 2.24) is 19.6 Å². The van der Waals surface area contributed by atoms with Crippen LogP contribution in [0.2, 0.25) is 0 Å². The van der Waals surface area contributed by atoms with Crippen molar-refractivity contribution in [3.8, 4) is 5.75 Å². The maximum atomic E-state index is 12.9. The minimum absolute atomic E-state index is 0.140. The second kappa shape index (κ2) is 7.22. The molecule has 162 valence electrons. The molecule has 2 N–H and O–H groups in total. The van der Waals surface area contributed by atoms with E-state index in [9.17, 15) is 22.8 Å². The summed E-state index contributed by atoms with van der Waals surface area (Å²) in [5, 5.41) is 8.86. The van der Waals surface area contributed by atoms with Crippen molar-refractivity contribution in [2.24, 2.45) is 0 Å². The van der Waals surface area contributed by atoms with Gasteiger partial charge in [-0.2, -0.15) is 18.2 Å². The van der Waals surface area contributed by atoms with E-state index in [0.29, 0.717) is 34.1 Å². The van der Waals surface area contributed by atoms with Gasteiger partial charge in [-0.3, -0.25) is 9.59 Å². The van der Waals surface area contributed by atoms with Crippen LogP contribution in [0.5, 0.6) is 5.75 Å². The standard InChI is InChI=1S/C19H17F3N6O3/c1-8-12(9(2)28-18(23-8)26-17(27-28)19(20,21)22)7-15(29)24-11-4-5-14-13(6-11)25-16(30)10(3)31-14/h4-6,10H,7H2,1-3H3,(H,24,29)(H,25,30). The lowest BCUT2D eigenvalue weighted by Crippen LogP contribution is -2.34. The molecule has 0 fully saturated rings. The topological polar surface area (TPSA) is 111 Å². The number of alkyl halides is 3. The third-order valence-corrected chi connectivity index (χ3v) is 4.83. The van der Waals surface area contributed by atoms with E-state index >= 15 is 0 Å². The number of benzene rings is 1. The first-order chi connectivity index (χ1) is 14.5. The summed E-state index contributed by atoms with van der Waals surface area (Å²) in [5.74, 6) is -1.71. The van der Waals surface area contributed by atoms with Crippen LogP contribution in [0.4, 0.5) is 24.5 Å². The molecular formula is C19H17F3N6O3. The van der Waals surface area contributed by atoms with Crippen LogP contribution in [0.15, 0.2) is 18.2 Å². The summed E-state index contributed by atoms with van der Waals surface area (Å²) in [5.41, 5.74) is 2.00. The Labute approximate surface area is 173 Å². The molecule has 3 aromatic rings. The molecule has 0 radical (unpaired) electrons. The van der Waals surface area contributed by atoms with Gasteiger partial charge < -0.3 is 15.4 Å². The maximum Gasteiger partial charge on any atom is 0.453 e. The van der Waals surface area contributed by atoms with Crippen LogP contribution in [0, 0.1) is 13.8 Å². The highest BCUT2D eigenvalue weighted by Crippen LogP contribution is 2.32. The molecule has 1 aliphatic heterocycles. The molecule has 2 amide bonds. The van der Waals surface area contributed by atoms with Gasteiger partial charge in [0, 0.05) is 22.6 Å². The molecule has 2 aromatic heterocycles. The molecule has 1 aliphatic rings. The second-order valence-electron chi connectivity index (χ2n) is 7.09. The summed E-state index contributed by atoms with van der Waals surface area (Å²) < 4.78 is 45.2. The van der Waals surface area contributed by atoms with Gasteiger partial charge in [0.05, 0.1) is 12.1 Å². The van der Waals surface area contributed by atoms with Crippen LogP contribution >= 0.6 is 0 Å². The highest BCUT2D eigenvalue weighted by atomic mass is 19.4. The molecule has 0 aliphatic carbocycles. The molecule has 1 unspecified atom stereocenters. The predicted octanol–water partition coefficient (Wildman–Crippen LogP) is 2.66. The molecule has 0 spiro atoms. The summed E-state index contributed by atoms with van der Waals surface area (Å²) in [7, 11) is 0. The van der Waals surface area contributed by atoms with E-state index in [4.69, 9.17) is 4.74 Å². The quantitative estimate of drug-likeness (QED) is 0.656. The number of nitrogens with one attached hydrogen (secondary N) is 2. The third-order valence-electron chi connectivity index (χ3n) is 4.83. The van der Waals surface area contributed by atoms with Crippen LogP contribution < -0.4 is 15.4 Å². The molecule has 1 aromatic carbocycles. The van der Waals surface area contributed by atoms with Crippen LogP contribution in [0.25, 0.3) is 5.78 Å². The number of aromatic nitrogens is 4. The van der Waals surface area contributed by atoms with Gasteiger partial charge in [-0.25, -0.2) is 9.50 Å². The summed E-state index contributed by atoms with van der Waals surface area (Å²) in [6, 6.07) is 4.80. The van der Waals surface area contributed by atoms with Gasteiger partial charge in [0.15, 0.2) is 6.10 Å². The number of carbonyl (C=O) groups excluding carboxylic acids is 2. The number of rotatable bonds is 3. The van der Waals surface area contributed by atoms with Crippen molar-refractivity contribution in [3.05, 3.63) is 41.0 Å². The normalized spacial score (nSPS) is 15.9. The number of hydrogen-bond acceptors (Lipinski definition) is 6. The fourth-order valence-electron chi connectivity index (χ4n) is 3.24. The van der Waals surface area contributed by atoms with Crippen LogP contribution in [-0.4, -0.2) is 37.5 Å². The molecule has 0 saturated heterocycles. The molecule has 12 heteroatoms. The zero-order valence-corrected chi connectivity index (χ0v) is 16.7. The number of ether oxygens (including phenoxy) is 1. The van der Waals surface area contributed by atoms with Crippen molar-refractivity contribution in [3.63, 3.8) is 0 Å². The van der Waals surface area contributed by atoms with E-state index < -0.39 is 24.0 Å². The monoisotopic (exact) mass is 434 g/mol. The minimum Gasteiger partial charge on any atom is -0.479 e. The van der Waals surface area contributed by atoms with Crippen molar-refractivity contribution in [1.29, 1.82) is 0 Å². The van der Waals surface area contributed by atoms with Crippen molar-refractivity contribution >= 4 is 29.0 Å². The zero-order valence-electron chi connectivity index (χ0n) is 16.7. The second-order valence-corrected chi connectivity index (χ2v) is 7.09. The van der Waals surface area contributed by atoms with Crippen LogP contribution in [0.3, 0.4) is 0 Å². The lowest BCUT2D eigenvalue weighted by Gasteiger charge is -2.23. The number of halogens is 3. The summed E-state index contributed by atoms with van der Waals surface area (Å²) in [6.07, 6.45) is -5.45. The molecular weight excluding hydrogens is 417 g/mol. The van der Waals surface area contributed by atoms with E-state index in [1.165, 1.54) is 0 Å². The zero-order chi connectivity index (χ0) is 22.5. The first-order valence-corrected chi connectivity index (χ1v) is 9.24. The number of anilines is 2. The van der Waals surface area contributed by atoms with Crippen molar-refractivity contribution < 1.29 is 27.5 Å². The minimum atomic E-state index is -4.70. The van der Waals surface area contributed by atoms with E-state index in [1.54, 1.807) is 39.0 Å². The van der Waals surface area contributed by atoms with Gasteiger partial charge in [0.2, 0.25) is 5.91 Å². The summed E-state index contributed by atoms with van der Waals surface area (Å²) >= 11 is 0. The van der Waals surface area contributed by atoms with Gasteiger partial charge in [0.25, 0.3) is 17.5 Å². The van der Waals surface area contributed by atoms with Gasteiger partial charge in [-0.1, -0.05) is 0 Å². The highest BCUT2D eigenvalue weighted by Gasteiger charge is 2.37. The fourth-order valence-corrected chi connectivity index (χ4v) is 3.24. The van der Waals surface area contributed by atoms with Gasteiger partial charge in [-0.15, -0.1) is 5.10 Å². The average Bonchev–Trinajstić information content (AvgIpc) is 3.11. The molecule has 0 saturated carbocycles. The van der Waals surface area contributed by atoms with Crippen LogP contribution in [-0.2, 0) is 22.2 Å². The van der Waals surface area contributed by atoms with Crippen LogP contribution in [0.1, 0.15) is 29.7 Å². The molecule has 31 heavy (non-hydrogen) atoms.